The predicted molar refractivity (Wildman–Crippen MR) is 191 cm³/mol. The number of aromatic nitrogens is 3. The van der Waals surface area contributed by atoms with E-state index >= 15 is 0 Å². The fourth-order valence-corrected chi connectivity index (χ4v) is 8.61. The number of thiophene rings is 1. The number of hydrogen-bond acceptors (Lipinski definition) is 10. The lowest BCUT2D eigenvalue weighted by molar-refractivity contribution is 0.395. The largest absolute Gasteiger partial charge is 0.315 e. The van der Waals surface area contributed by atoms with Crippen molar-refractivity contribution in [3.8, 4) is 0 Å². The highest BCUT2D eigenvalue weighted by Gasteiger charge is 2.17. The van der Waals surface area contributed by atoms with Crippen molar-refractivity contribution in [2.24, 2.45) is 0 Å². The van der Waals surface area contributed by atoms with E-state index in [0.717, 1.165) is 52.3 Å². The Kier molecular flexibility index (Phi) is 12.9. The van der Waals surface area contributed by atoms with Crippen LogP contribution in [0.25, 0.3) is 10.2 Å². The molecule has 0 spiro atoms. The van der Waals surface area contributed by atoms with Gasteiger partial charge in [-0.25, -0.2) is 9.97 Å². The molecule has 232 valence electrons. The summed E-state index contributed by atoms with van der Waals surface area (Å²) >= 11 is 6.87. The summed E-state index contributed by atoms with van der Waals surface area (Å²) in [6.07, 6.45) is 11.3. The molecular formula is C34H42N6S4. The number of likely N-dealkylation sites (N-methyl/N-ethyl adjacent to an activating group) is 1. The summed E-state index contributed by atoms with van der Waals surface area (Å²) < 4.78 is 1.21. The summed E-state index contributed by atoms with van der Waals surface area (Å²) in [4.78, 5) is 21.3. The van der Waals surface area contributed by atoms with Crippen LogP contribution in [0, 0.1) is 0 Å². The van der Waals surface area contributed by atoms with E-state index in [9.17, 15) is 0 Å². The second-order valence-electron chi connectivity index (χ2n) is 11.1. The third kappa shape index (κ3) is 9.76. The van der Waals surface area contributed by atoms with Crippen molar-refractivity contribution >= 4 is 67.4 Å². The lowest BCUT2D eigenvalue weighted by Crippen LogP contribution is -2.27. The van der Waals surface area contributed by atoms with Crippen molar-refractivity contribution in [2.75, 3.05) is 39.0 Å². The van der Waals surface area contributed by atoms with Crippen LogP contribution in [0.3, 0.4) is 0 Å². The Morgan fingerprint density at radius 3 is 2.59 bits per heavy atom. The van der Waals surface area contributed by atoms with Gasteiger partial charge in [0.15, 0.2) is 5.13 Å². The molecule has 0 radical (unpaired) electrons. The van der Waals surface area contributed by atoms with Crippen LogP contribution in [0.2, 0.25) is 0 Å². The van der Waals surface area contributed by atoms with Gasteiger partial charge < -0.3 is 15.5 Å². The average molecular weight is 663 g/mol. The van der Waals surface area contributed by atoms with Gasteiger partial charge in [-0.05, 0) is 69.2 Å². The fourth-order valence-electron chi connectivity index (χ4n) is 4.92. The standard InChI is InChI=1S/C34H42N6S4/c1-4-5-6-8-11-25(14-17-35-19-20-40(2)3)29-24-42-34(38-29)39-33-31(43-26-12-9-7-10-13-26)22-27(23-37-33)44-30-15-18-36-28-16-21-41-32(28)30/h7,9-10,12-13,15-16,18,21-25,35H,4-6,8,11,14,17,19-20H2,1-3H3,(H,37,38,39). The van der Waals surface area contributed by atoms with Crippen LogP contribution in [0.5, 0.6) is 0 Å². The summed E-state index contributed by atoms with van der Waals surface area (Å²) in [5, 5.41) is 12.5. The summed E-state index contributed by atoms with van der Waals surface area (Å²) in [6.45, 7) is 5.36. The van der Waals surface area contributed by atoms with Crippen molar-refractivity contribution in [1.82, 2.24) is 25.2 Å². The molecule has 0 aliphatic carbocycles. The topological polar surface area (TPSA) is 66.0 Å². The van der Waals surface area contributed by atoms with E-state index in [1.807, 2.05) is 12.4 Å². The predicted octanol–water partition coefficient (Wildman–Crippen LogP) is 9.79. The molecule has 1 unspecified atom stereocenters. The zero-order chi connectivity index (χ0) is 30.6. The molecule has 0 bridgehead atoms. The molecule has 5 rings (SSSR count). The normalized spacial score (nSPS) is 12.3. The highest BCUT2D eigenvalue weighted by atomic mass is 32.2. The van der Waals surface area contributed by atoms with E-state index in [1.54, 1.807) is 46.2 Å². The Balaban J connectivity index is 1.32. The van der Waals surface area contributed by atoms with Crippen LogP contribution >= 0.6 is 46.2 Å². The summed E-state index contributed by atoms with van der Waals surface area (Å²) in [7, 11) is 4.24. The Labute approximate surface area is 278 Å². The first-order chi connectivity index (χ1) is 21.6. The first-order valence-electron chi connectivity index (χ1n) is 15.4. The maximum atomic E-state index is 5.11. The number of fused-ring (bicyclic) bond motifs is 1. The number of rotatable bonds is 18. The molecule has 0 saturated carbocycles. The molecule has 1 aromatic carbocycles. The molecule has 1 atom stereocenters. The molecular weight excluding hydrogens is 621 g/mol. The van der Waals surface area contributed by atoms with Crippen molar-refractivity contribution in [3.63, 3.8) is 0 Å². The second kappa shape index (κ2) is 17.3. The molecule has 5 aromatic rings. The van der Waals surface area contributed by atoms with Crippen LogP contribution < -0.4 is 10.6 Å². The van der Waals surface area contributed by atoms with Gasteiger partial charge in [-0.3, -0.25) is 4.98 Å². The molecule has 0 saturated heterocycles. The lowest BCUT2D eigenvalue weighted by atomic mass is 9.95. The monoisotopic (exact) mass is 662 g/mol. The van der Waals surface area contributed by atoms with Crippen molar-refractivity contribution in [2.45, 2.75) is 70.9 Å². The van der Waals surface area contributed by atoms with Gasteiger partial charge in [-0.15, -0.1) is 22.7 Å². The number of unbranched alkanes of at least 4 members (excludes halogenated alkanes) is 3. The quantitative estimate of drug-likeness (QED) is 0.0899. The molecule has 10 heteroatoms. The van der Waals surface area contributed by atoms with Gasteiger partial charge in [0.25, 0.3) is 0 Å². The van der Waals surface area contributed by atoms with E-state index in [4.69, 9.17) is 9.97 Å². The smallest absolute Gasteiger partial charge is 0.188 e. The number of nitrogens with zero attached hydrogens (tertiary/aromatic N) is 4. The minimum Gasteiger partial charge on any atom is -0.315 e. The molecule has 6 nitrogen and oxygen atoms in total. The maximum Gasteiger partial charge on any atom is 0.188 e. The van der Waals surface area contributed by atoms with Crippen LogP contribution in [-0.4, -0.2) is 53.6 Å². The molecule has 0 fully saturated rings. The van der Waals surface area contributed by atoms with Gasteiger partial charge in [0.2, 0.25) is 0 Å². The molecule has 0 amide bonds. The number of hydrogen-bond donors (Lipinski definition) is 2. The maximum absolute atomic E-state index is 5.11. The number of pyridine rings is 2. The van der Waals surface area contributed by atoms with E-state index in [0.29, 0.717) is 5.92 Å². The highest BCUT2D eigenvalue weighted by molar-refractivity contribution is 8.00. The molecule has 4 heterocycles. The average Bonchev–Trinajstić information content (AvgIpc) is 3.70. The summed E-state index contributed by atoms with van der Waals surface area (Å²) in [5.74, 6) is 1.30. The number of thiazole rings is 1. The Hall–Kier alpha value is -2.47. The third-order valence-electron chi connectivity index (χ3n) is 7.31. The molecule has 0 aliphatic heterocycles. The van der Waals surface area contributed by atoms with E-state index in [2.05, 4.69) is 101 Å². The minimum atomic E-state index is 0.463. The van der Waals surface area contributed by atoms with Gasteiger partial charge in [0.05, 0.1) is 20.8 Å². The van der Waals surface area contributed by atoms with Crippen LogP contribution in [0.15, 0.2) is 91.3 Å². The second-order valence-corrected chi connectivity index (χ2v) is 15.1. The Morgan fingerprint density at radius 1 is 0.886 bits per heavy atom. The van der Waals surface area contributed by atoms with E-state index in [1.165, 1.54) is 52.3 Å². The Morgan fingerprint density at radius 2 is 1.75 bits per heavy atom. The van der Waals surface area contributed by atoms with E-state index < -0.39 is 0 Å². The van der Waals surface area contributed by atoms with Crippen molar-refractivity contribution in [1.29, 1.82) is 0 Å². The molecule has 44 heavy (non-hydrogen) atoms. The highest BCUT2D eigenvalue weighted by Crippen LogP contribution is 2.40. The van der Waals surface area contributed by atoms with Gasteiger partial charge in [-0.1, -0.05) is 74.3 Å². The van der Waals surface area contributed by atoms with Gasteiger partial charge >= 0.3 is 0 Å². The number of anilines is 2. The van der Waals surface area contributed by atoms with Crippen LogP contribution in [0.4, 0.5) is 10.9 Å². The third-order valence-corrected chi connectivity index (χ3v) is 11.2. The summed E-state index contributed by atoms with van der Waals surface area (Å²) in [6, 6.07) is 16.9. The van der Waals surface area contributed by atoms with Crippen LogP contribution in [0.1, 0.15) is 57.1 Å². The van der Waals surface area contributed by atoms with Crippen molar-refractivity contribution < 1.29 is 0 Å². The SMILES string of the molecule is CCCCCCC(CCNCCN(C)C)c1csc(Nc2ncc(Sc3ccnc4ccsc34)cc2Sc2ccccc2)n1. The van der Waals surface area contributed by atoms with Crippen molar-refractivity contribution in [3.05, 3.63) is 77.4 Å². The number of benzene rings is 1. The van der Waals surface area contributed by atoms with E-state index in [-0.39, 0.29) is 0 Å². The molecule has 2 N–H and O–H groups in total. The zero-order valence-electron chi connectivity index (χ0n) is 25.8. The van der Waals surface area contributed by atoms with Gasteiger partial charge in [0.1, 0.15) is 5.82 Å². The Bertz CT molecular complexity index is 1570. The minimum absolute atomic E-state index is 0.463. The zero-order valence-corrected chi connectivity index (χ0v) is 29.1. The first kappa shape index (κ1) is 32.9. The lowest BCUT2D eigenvalue weighted by Gasteiger charge is -2.16. The summed E-state index contributed by atoms with van der Waals surface area (Å²) in [5.41, 5.74) is 2.24. The first-order valence-corrected chi connectivity index (χ1v) is 18.8. The molecule has 4 aromatic heterocycles. The fraction of sp³-hybridized carbons (Fsp3) is 0.382. The van der Waals surface area contributed by atoms with Gasteiger partial charge in [0, 0.05) is 51.5 Å². The van der Waals surface area contributed by atoms with Crippen LogP contribution in [-0.2, 0) is 0 Å². The number of nitrogens with one attached hydrogen (secondary N) is 2. The van der Waals surface area contributed by atoms with Gasteiger partial charge in [-0.2, -0.15) is 0 Å². The molecule has 0 aliphatic rings.